The summed E-state index contributed by atoms with van der Waals surface area (Å²) in [6.07, 6.45) is 0. The molecule has 2 atom stereocenters. The molecule has 0 saturated carbocycles. The van der Waals surface area contributed by atoms with Crippen molar-refractivity contribution in [3.63, 3.8) is 0 Å². The van der Waals surface area contributed by atoms with Crippen LogP contribution in [-0.4, -0.2) is 74.3 Å². The molecule has 224 valence electrons. The molecule has 13 heteroatoms. The third-order valence-electron chi connectivity index (χ3n) is 7.01. The summed E-state index contributed by atoms with van der Waals surface area (Å²) in [5, 5.41) is 10.9. The molecule has 3 aromatic carbocycles. The fraction of sp³-hybridized carbons (Fsp3) is 0.310. The van der Waals surface area contributed by atoms with Crippen LogP contribution in [0.25, 0.3) is 10.6 Å². The van der Waals surface area contributed by atoms with Crippen LogP contribution in [0.1, 0.15) is 11.1 Å². The minimum atomic E-state index is -4.02. The van der Waals surface area contributed by atoms with E-state index in [9.17, 15) is 16.8 Å². The Morgan fingerprint density at radius 3 is 1.57 bits per heavy atom. The first-order valence-corrected chi connectivity index (χ1v) is 16.9. The van der Waals surface area contributed by atoms with Gasteiger partial charge in [-0.2, -0.15) is 16.8 Å². The molecule has 2 saturated heterocycles. The Bertz CT molecular complexity index is 1590. The second-order valence-corrected chi connectivity index (χ2v) is 14.3. The van der Waals surface area contributed by atoms with Crippen molar-refractivity contribution in [2.75, 3.05) is 38.1 Å². The Morgan fingerprint density at radius 2 is 1.14 bits per heavy atom. The number of likely N-dealkylation sites (tertiary alicyclic amines) is 1. The van der Waals surface area contributed by atoms with E-state index in [4.69, 9.17) is 9.11 Å². The van der Waals surface area contributed by atoms with Gasteiger partial charge in [0.15, 0.2) is 0 Å². The van der Waals surface area contributed by atoms with Crippen LogP contribution in [0, 0.1) is 25.7 Å². The molecule has 10 nitrogen and oxygen atoms in total. The number of fused-ring (bicyclic) bond motifs is 1. The van der Waals surface area contributed by atoms with E-state index in [1.807, 2.05) is 32.0 Å². The SMILES string of the molecule is CN1CC2CN(c3nnc(-c4ccccc4)s3)CC2C1.Cc1ccc(S(=O)(=O)O)cc1.Cc1ccc(S(=O)(=O)O)cc1. The van der Waals surface area contributed by atoms with E-state index in [0.29, 0.717) is 0 Å². The lowest BCUT2D eigenvalue weighted by Gasteiger charge is -2.17. The van der Waals surface area contributed by atoms with Gasteiger partial charge < -0.3 is 9.80 Å². The number of nitrogens with zero attached hydrogens (tertiary/aromatic N) is 4. The van der Waals surface area contributed by atoms with E-state index in [1.54, 1.807) is 35.6 Å². The van der Waals surface area contributed by atoms with E-state index < -0.39 is 20.2 Å². The molecule has 4 aromatic rings. The van der Waals surface area contributed by atoms with Crippen molar-refractivity contribution in [1.82, 2.24) is 15.1 Å². The molecule has 2 aliphatic rings. The predicted octanol–water partition coefficient (Wildman–Crippen LogP) is 4.69. The van der Waals surface area contributed by atoms with E-state index in [2.05, 4.69) is 39.2 Å². The molecule has 0 radical (unpaired) electrons. The maximum atomic E-state index is 10.5. The molecular formula is C29H34N4O6S3. The fourth-order valence-corrected chi connectivity index (χ4v) is 6.67. The van der Waals surface area contributed by atoms with Crippen molar-refractivity contribution in [1.29, 1.82) is 0 Å². The quantitative estimate of drug-likeness (QED) is 0.305. The Morgan fingerprint density at radius 1 is 0.690 bits per heavy atom. The van der Waals surface area contributed by atoms with E-state index >= 15 is 0 Å². The number of aromatic nitrogens is 2. The summed E-state index contributed by atoms with van der Waals surface area (Å²) < 4.78 is 59.1. The summed E-state index contributed by atoms with van der Waals surface area (Å²) in [4.78, 5) is 4.74. The zero-order chi connectivity index (χ0) is 30.5. The lowest BCUT2D eigenvalue weighted by atomic mass is 10.0. The zero-order valence-corrected chi connectivity index (χ0v) is 26.0. The van der Waals surface area contributed by atoms with Gasteiger partial charge in [0.1, 0.15) is 5.01 Å². The van der Waals surface area contributed by atoms with Gasteiger partial charge in [0.05, 0.1) is 9.79 Å². The first-order chi connectivity index (χ1) is 19.8. The second kappa shape index (κ2) is 13.4. The van der Waals surface area contributed by atoms with Gasteiger partial charge in [-0.1, -0.05) is 77.1 Å². The third-order valence-corrected chi connectivity index (χ3v) is 9.78. The average Bonchev–Trinajstić information content (AvgIpc) is 3.65. The summed E-state index contributed by atoms with van der Waals surface area (Å²) in [6.45, 7) is 8.41. The number of hydrogen-bond donors (Lipinski definition) is 2. The van der Waals surface area contributed by atoms with E-state index in [0.717, 1.165) is 51.8 Å². The van der Waals surface area contributed by atoms with Crippen molar-refractivity contribution in [3.05, 3.63) is 90.0 Å². The Kier molecular flexibility index (Phi) is 10.1. The monoisotopic (exact) mass is 630 g/mol. The first-order valence-electron chi connectivity index (χ1n) is 13.2. The molecule has 2 aliphatic heterocycles. The summed E-state index contributed by atoms with van der Waals surface area (Å²) in [5.74, 6) is 1.62. The van der Waals surface area contributed by atoms with Gasteiger partial charge >= 0.3 is 0 Å². The van der Waals surface area contributed by atoms with Crippen molar-refractivity contribution in [3.8, 4) is 10.6 Å². The standard InChI is InChI=1S/C15H18N4S.2C7H8O3S/c1-18-7-12-9-19(10-13(12)8-18)15-17-16-14(20-15)11-5-3-2-4-6-11;2*1-6-2-4-7(5-3-6)11(8,9)10/h2-6,12-13H,7-10H2,1H3;2*2-5H,1H3,(H,8,9,10). The molecule has 2 N–H and O–H groups in total. The molecule has 2 unspecified atom stereocenters. The maximum absolute atomic E-state index is 10.5. The lowest BCUT2D eigenvalue weighted by Crippen LogP contribution is -2.26. The molecule has 0 spiro atoms. The zero-order valence-electron chi connectivity index (χ0n) is 23.5. The van der Waals surface area contributed by atoms with Crippen LogP contribution >= 0.6 is 11.3 Å². The smallest absolute Gasteiger partial charge is 0.294 e. The average molecular weight is 631 g/mol. The summed E-state index contributed by atoms with van der Waals surface area (Å²) in [5.41, 5.74) is 3.07. The number of rotatable bonds is 4. The molecule has 0 bridgehead atoms. The molecule has 6 rings (SSSR count). The summed E-state index contributed by atoms with van der Waals surface area (Å²) in [6, 6.07) is 22.3. The molecule has 2 fully saturated rings. The third kappa shape index (κ3) is 8.66. The van der Waals surface area contributed by atoms with Gasteiger partial charge in [-0.25, -0.2) is 0 Å². The van der Waals surface area contributed by atoms with Crippen LogP contribution in [-0.2, 0) is 20.2 Å². The van der Waals surface area contributed by atoms with Gasteiger partial charge in [-0.3, -0.25) is 9.11 Å². The molecule has 1 aromatic heterocycles. The van der Waals surface area contributed by atoms with Crippen LogP contribution in [0.5, 0.6) is 0 Å². The molecule has 0 amide bonds. The van der Waals surface area contributed by atoms with Crippen LogP contribution in [0.15, 0.2) is 88.7 Å². The molecule has 0 aliphatic carbocycles. The van der Waals surface area contributed by atoms with Crippen molar-refractivity contribution >= 4 is 36.7 Å². The second-order valence-electron chi connectivity index (χ2n) is 10.5. The maximum Gasteiger partial charge on any atom is 0.294 e. The molecular weight excluding hydrogens is 597 g/mol. The van der Waals surface area contributed by atoms with Crippen LogP contribution in [0.3, 0.4) is 0 Å². The van der Waals surface area contributed by atoms with Gasteiger partial charge in [-0.15, -0.1) is 10.2 Å². The topological polar surface area (TPSA) is 141 Å². The molecule has 3 heterocycles. The number of anilines is 1. The minimum absolute atomic E-state index is 0.0666. The Balaban J connectivity index is 0.000000158. The van der Waals surface area contributed by atoms with Crippen molar-refractivity contribution < 1.29 is 25.9 Å². The van der Waals surface area contributed by atoms with Gasteiger partial charge in [-0.05, 0) is 57.0 Å². The summed E-state index contributed by atoms with van der Waals surface area (Å²) >= 11 is 1.71. The summed E-state index contributed by atoms with van der Waals surface area (Å²) in [7, 11) is -5.82. The van der Waals surface area contributed by atoms with Gasteiger partial charge in [0.2, 0.25) is 5.13 Å². The highest BCUT2D eigenvalue weighted by atomic mass is 32.2. The van der Waals surface area contributed by atoms with Crippen molar-refractivity contribution in [2.24, 2.45) is 11.8 Å². The van der Waals surface area contributed by atoms with E-state index in [-0.39, 0.29) is 9.79 Å². The predicted molar refractivity (Wildman–Crippen MR) is 164 cm³/mol. The minimum Gasteiger partial charge on any atom is -0.346 e. The fourth-order valence-electron chi connectivity index (χ4n) is 4.84. The van der Waals surface area contributed by atoms with E-state index in [1.165, 1.54) is 37.4 Å². The highest BCUT2D eigenvalue weighted by molar-refractivity contribution is 7.86. The van der Waals surface area contributed by atoms with Crippen LogP contribution < -0.4 is 4.90 Å². The number of benzene rings is 3. The van der Waals surface area contributed by atoms with Crippen LogP contribution in [0.4, 0.5) is 5.13 Å². The molecule has 42 heavy (non-hydrogen) atoms. The van der Waals surface area contributed by atoms with Gasteiger partial charge in [0, 0.05) is 31.7 Å². The number of hydrogen-bond acceptors (Lipinski definition) is 9. The van der Waals surface area contributed by atoms with Crippen LogP contribution in [0.2, 0.25) is 0 Å². The largest absolute Gasteiger partial charge is 0.346 e. The van der Waals surface area contributed by atoms with Crippen molar-refractivity contribution in [2.45, 2.75) is 23.6 Å². The lowest BCUT2D eigenvalue weighted by molar-refractivity contribution is 0.387. The number of aryl methyl sites for hydroxylation is 2. The normalized spacial score (nSPS) is 18.5. The first kappa shape index (κ1) is 31.7. The Hall–Kier alpha value is -3.20. The highest BCUT2D eigenvalue weighted by Gasteiger charge is 2.39. The highest BCUT2D eigenvalue weighted by Crippen LogP contribution is 2.36. The Labute approximate surface area is 251 Å². The van der Waals surface area contributed by atoms with Gasteiger partial charge in [0.25, 0.3) is 20.2 Å².